The summed E-state index contributed by atoms with van der Waals surface area (Å²) >= 11 is 0. The van der Waals surface area contributed by atoms with E-state index < -0.39 is 0 Å². The molecular weight excluding hydrogens is 326 g/mol. The maximum absolute atomic E-state index is 12.4. The minimum absolute atomic E-state index is 0.0746. The molecule has 4 heteroatoms. The van der Waals surface area contributed by atoms with Crippen LogP contribution in [0.4, 0.5) is 0 Å². The zero-order valence-corrected chi connectivity index (χ0v) is 16.6. The Morgan fingerprint density at radius 3 is 2.23 bits per heavy atom. The quantitative estimate of drug-likeness (QED) is 0.816. The second kappa shape index (κ2) is 8.26. The lowest BCUT2D eigenvalue weighted by Gasteiger charge is -2.19. The van der Waals surface area contributed by atoms with Crippen LogP contribution in [0.5, 0.6) is 11.5 Å². The molecule has 0 atom stereocenters. The SMILES string of the molecule is COc1cc(CNC(=O)c2ccc(C(C)(C)C)cc2)ccc1OC(C)C. The Kier molecular flexibility index (Phi) is 6.30. The number of rotatable bonds is 6. The number of carbonyl (C=O) groups is 1. The Labute approximate surface area is 156 Å². The molecule has 0 spiro atoms. The van der Waals surface area contributed by atoms with Crippen molar-refractivity contribution in [2.75, 3.05) is 7.11 Å². The lowest BCUT2D eigenvalue weighted by atomic mass is 9.87. The summed E-state index contributed by atoms with van der Waals surface area (Å²) in [5, 5.41) is 2.95. The number of methoxy groups -OCH3 is 1. The predicted octanol–water partition coefficient (Wildman–Crippen LogP) is 4.71. The van der Waals surface area contributed by atoms with Crippen molar-refractivity contribution < 1.29 is 14.3 Å². The van der Waals surface area contributed by atoms with Crippen molar-refractivity contribution in [3.05, 3.63) is 59.2 Å². The van der Waals surface area contributed by atoms with E-state index in [2.05, 4.69) is 26.1 Å². The number of nitrogens with one attached hydrogen (secondary N) is 1. The first-order valence-corrected chi connectivity index (χ1v) is 8.93. The van der Waals surface area contributed by atoms with Gasteiger partial charge >= 0.3 is 0 Å². The number of amides is 1. The lowest BCUT2D eigenvalue weighted by molar-refractivity contribution is 0.0951. The van der Waals surface area contributed by atoms with E-state index in [1.165, 1.54) is 5.56 Å². The third-order valence-electron chi connectivity index (χ3n) is 4.06. The average Bonchev–Trinajstić information content (AvgIpc) is 2.59. The van der Waals surface area contributed by atoms with Crippen molar-refractivity contribution >= 4 is 5.91 Å². The van der Waals surface area contributed by atoms with Crippen LogP contribution in [0, 0.1) is 0 Å². The minimum Gasteiger partial charge on any atom is -0.493 e. The Balaban J connectivity index is 2.02. The number of ether oxygens (including phenoxy) is 2. The molecule has 2 aromatic carbocycles. The van der Waals surface area contributed by atoms with E-state index in [1.807, 2.05) is 56.3 Å². The molecule has 0 aliphatic rings. The van der Waals surface area contributed by atoms with Gasteiger partial charge in [-0.1, -0.05) is 39.0 Å². The number of hydrogen-bond donors (Lipinski definition) is 1. The zero-order valence-electron chi connectivity index (χ0n) is 16.6. The van der Waals surface area contributed by atoms with Gasteiger partial charge in [0.15, 0.2) is 11.5 Å². The van der Waals surface area contributed by atoms with Crippen molar-refractivity contribution in [3.63, 3.8) is 0 Å². The highest BCUT2D eigenvalue weighted by Gasteiger charge is 2.14. The van der Waals surface area contributed by atoms with Gasteiger partial charge < -0.3 is 14.8 Å². The monoisotopic (exact) mass is 355 g/mol. The van der Waals surface area contributed by atoms with E-state index in [1.54, 1.807) is 7.11 Å². The summed E-state index contributed by atoms with van der Waals surface area (Å²) in [6.45, 7) is 10.8. The van der Waals surface area contributed by atoms with Gasteiger partial charge in [0.1, 0.15) is 0 Å². The molecule has 4 nitrogen and oxygen atoms in total. The van der Waals surface area contributed by atoms with Gasteiger partial charge in [0.2, 0.25) is 0 Å². The van der Waals surface area contributed by atoms with E-state index in [4.69, 9.17) is 9.47 Å². The summed E-state index contributed by atoms with van der Waals surface area (Å²) in [4.78, 5) is 12.4. The highest BCUT2D eigenvalue weighted by atomic mass is 16.5. The fraction of sp³-hybridized carbons (Fsp3) is 0.409. The molecule has 140 valence electrons. The summed E-state index contributed by atoms with van der Waals surface area (Å²) in [6, 6.07) is 13.5. The molecule has 0 aliphatic heterocycles. The van der Waals surface area contributed by atoms with Crippen molar-refractivity contribution in [2.45, 2.75) is 52.7 Å². The summed E-state index contributed by atoms with van der Waals surface area (Å²) < 4.78 is 11.1. The molecule has 0 fully saturated rings. The van der Waals surface area contributed by atoms with Crippen LogP contribution >= 0.6 is 0 Å². The van der Waals surface area contributed by atoms with Crippen LogP contribution in [0.3, 0.4) is 0 Å². The molecule has 26 heavy (non-hydrogen) atoms. The Bertz CT molecular complexity index is 743. The van der Waals surface area contributed by atoms with Crippen LogP contribution in [-0.4, -0.2) is 19.1 Å². The molecular formula is C22H29NO3. The second-order valence-electron chi connectivity index (χ2n) is 7.66. The van der Waals surface area contributed by atoms with Crippen LogP contribution < -0.4 is 14.8 Å². The van der Waals surface area contributed by atoms with Gasteiger partial charge in [-0.2, -0.15) is 0 Å². The van der Waals surface area contributed by atoms with Crippen molar-refractivity contribution in [1.29, 1.82) is 0 Å². The predicted molar refractivity (Wildman–Crippen MR) is 105 cm³/mol. The van der Waals surface area contributed by atoms with Gasteiger partial charge in [0.25, 0.3) is 5.91 Å². The third kappa shape index (κ3) is 5.25. The third-order valence-corrected chi connectivity index (χ3v) is 4.06. The Hall–Kier alpha value is -2.49. The minimum atomic E-state index is -0.0908. The first kappa shape index (κ1) is 19.8. The largest absolute Gasteiger partial charge is 0.493 e. The molecule has 1 amide bonds. The summed E-state index contributed by atoms with van der Waals surface area (Å²) in [5.41, 5.74) is 2.90. The van der Waals surface area contributed by atoms with Gasteiger partial charge in [-0.3, -0.25) is 4.79 Å². The highest BCUT2D eigenvalue weighted by molar-refractivity contribution is 5.94. The molecule has 2 rings (SSSR count). The van der Waals surface area contributed by atoms with Gasteiger partial charge in [0, 0.05) is 12.1 Å². The first-order valence-electron chi connectivity index (χ1n) is 8.93. The van der Waals surface area contributed by atoms with E-state index in [-0.39, 0.29) is 17.4 Å². The Morgan fingerprint density at radius 2 is 1.69 bits per heavy atom. The molecule has 0 aliphatic carbocycles. The van der Waals surface area contributed by atoms with Gasteiger partial charge in [-0.05, 0) is 54.7 Å². The first-order chi connectivity index (χ1) is 12.2. The normalized spacial score (nSPS) is 11.3. The number of carbonyl (C=O) groups excluding carboxylic acids is 1. The molecule has 1 N–H and O–H groups in total. The van der Waals surface area contributed by atoms with E-state index >= 15 is 0 Å². The average molecular weight is 355 g/mol. The van der Waals surface area contributed by atoms with Crippen molar-refractivity contribution in [2.24, 2.45) is 0 Å². The van der Waals surface area contributed by atoms with Gasteiger partial charge in [0.05, 0.1) is 13.2 Å². The standard InChI is InChI=1S/C22H29NO3/c1-15(2)26-19-12-7-16(13-20(19)25-6)14-23-21(24)17-8-10-18(11-9-17)22(3,4)5/h7-13,15H,14H2,1-6H3,(H,23,24). The lowest BCUT2D eigenvalue weighted by Crippen LogP contribution is -2.23. The molecule has 0 saturated heterocycles. The smallest absolute Gasteiger partial charge is 0.251 e. The van der Waals surface area contributed by atoms with E-state index in [9.17, 15) is 4.79 Å². The fourth-order valence-corrected chi connectivity index (χ4v) is 2.58. The Morgan fingerprint density at radius 1 is 1.04 bits per heavy atom. The number of benzene rings is 2. The molecule has 0 heterocycles. The molecule has 0 aromatic heterocycles. The zero-order chi connectivity index (χ0) is 19.3. The van der Waals surface area contributed by atoms with Gasteiger partial charge in [-0.25, -0.2) is 0 Å². The van der Waals surface area contributed by atoms with Crippen LogP contribution in [0.1, 0.15) is 56.1 Å². The van der Waals surface area contributed by atoms with Crippen LogP contribution in [0.15, 0.2) is 42.5 Å². The molecule has 0 radical (unpaired) electrons. The topological polar surface area (TPSA) is 47.6 Å². The summed E-state index contributed by atoms with van der Waals surface area (Å²) in [6.07, 6.45) is 0.0746. The fourth-order valence-electron chi connectivity index (χ4n) is 2.58. The van der Waals surface area contributed by atoms with Crippen LogP contribution in [-0.2, 0) is 12.0 Å². The van der Waals surface area contributed by atoms with E-state index in [0.29, 0.717) is 23.6 Å². The van der Waals surface area contributed by atoms with E-state index in [0.717, 1.165) is 5.56 Å². The molecule has 0 saturated carbocycles. The van der Waals surface area contributed by atoms with Crippen LogP contribution in [0.2, 0.25) is 0 Å². The molecule has 0 unspecified atom stereocenters. The van der Waals surface area contributed by atoms with Gasteiger partial charge in [-0.15, -0.1) is 0 Å². The summed E-state index contributed by atoms with van der Waals surface area (Å²) in [5.74, 6) is 1.28. The maximum Gasteiger partial charge on any atom is 0.251 e. The maximum atomic E-state index is 12.4. The summed E-state index contributed by atoms with van der Waals surface area (Å²) in [7, 11) is 1.61. The molecule has 0 bridgehead atoms. The van der Waals surface area contributed by atoms with Crippen LogP contribution in [0.25, 0.3) is 0 Å². The highest BCUT2D eigenvalue weighted by Crippen LogP contribution is 2.29. The second-order valence-corrected chi connectivity index (χ2v) is 7.66. The molecule has 2 aromatic rings. The van der Waals surface area contributed by atoms with Crippen molar-refractivity contribution in [3.8, 4) is 11.5 Å². The van der Waals surface area contributed by atoms with Crippen molar-refractivity contribution in [1.82, 2.24) is 5.32 Å². The number of hydrogen-bond acceptors (Lipinski definition) is 3.